The topological polar surface area (TPSA) is 90.0 Å². The minimum atomic E-state index is -4.57. The summed E-state index contributed by atoms with van der Waals surface area (Å²) < 4.78 is 52.6. The predicted molar refractivity (Wildman–Crippen MR) is 114 cm³/mol. The highest BCUT2D eigenvalue weighted by Crippen LogP contribution is 2.37. The van der Waals surface area contributed by atoms with Crippen molar-refractivity contribution in [3.63, 3.8) is 0 Å². The Morgan fingerprint density at radius 3 is 2.52 bits per heavy atom. The van der Waals surface area contributed by atoms with Crippen LogP contribution in [0.2, 0.25) is 0 Å². The molecule has 0 saturated carbocycles. The van der Waals surface area contributed by atoms with E-state index < -0.39 is 35.2 Å². The molecule has 33 heavy (non-hydrogen) atoms. The van der Waals surface area contributed by atoms with E-state index in [0.29, 0.717) is 27.3 Å². The van der Waals surface area contributed by atoms with Crippen LogP contribution in [0.15, 0.2) is 58.5 Å². The SMILES string of the molecule is N[C@H]1CSc2c(C(=O)NCc3ccc(F)cc3)cn(Cc3ccc(C(F)(F)F)nc3)c(=O)c21. The first-order chi connectivity index (χ1) is 15.6. The normalized spacial score (nSPS) is 15.4. The molecule has 3 N–H and O–H groups in total. The van der Waals surface area contributed by atoms with Gasteiger partial charge in [-0.3, -0.25) is 14.6 Å². The van der Waals surface area contributed by atoms with Crippen LogP contribution >= 0.6 is 11.8 Å². The molecule has 0 spiro atoms. The van der Waals surface area contributed by atoms with Crippen LogP contribution < -0.4 is 16.6 Å². The molecule has 172 valence electrons. The number of benzene rings is 1. The number of rotatable bonds is 5. The lowest BCUT2D eigenvalue weighted by Crippen LogP contribution is -2.31. The van der Waals surface area contributed by atoms with Gasteiger partial charge in [-0.2, -0.15) is 13.2 Å². The van der Waals surface area contributed by atoms with Gasteiger partial charge in [0.05, 0.1) is 12.1 Å². The summed E-state index contributed by atoms with van der Waals surface area (Å²) in [6.07, 6.45) is -2.14. The zero-order valence-corrected chi connectivity index (χ0v) is 17.8. The second-order valence-corrected chi connectivity index (χ2v) is 8.52. The molecule has 4 rings (SSSR count). The highest BCUT2D eigenvalue weighted by molar-refractivity contribution is 7.99. The predicted octanol–water partition coefficient (Wildman–Crippen LogP) is 3.49. The monoisotopic (exact) mass is 478 g/mol. The molecule has 3 heterocycles. The van der Waals surface area contributed by atoms with E-state index in [1.165, 1.54) is 40.7 Å². The summed E-state index contributed by atoms with van der Waals surface area (Å²) in [5.41, 5.74) is 6.24. The molecule has 1 aliphatic rings. The maximum atomic E-state index is 13.1. The van der Waals surface area contributed by atoms with Gasteiger partial charge in [0.1, 0.15) is 11.5 Å². The molecule has 1 aromatic carbocycles. The fourth-order valence-electron chi connectivity index (χ4n) is 3.45. The third-order valence-electron chi connectivity index (χ3n) is 5.12. The summed E-state index contributed by atoms with van der Waals surface area (Å²) in [5.74, 6) is -0.413. The Morgan fingerprint density at radius 2 is 1.88 bits per heavy atom. The van der Waals surface area contributed by atoms with Crippen LogP contribution in [-0.2, 0) is 19.3 Å². The standard InChI is InChI=1S/C22H18F4N4O2S/c23-14-4-1-12(2-5-14)7-29-20(31)15-10-30(21(32)18-16(27)11-33-19(15)18)9-13-3-6-17(28-8-13)22(24,25)26/h1-6,8,10,16H,7,9,11,27H2,(H,29,31)/t16-/m0/s1. The van der Waals surface area contributed by atoms with E-state index >= 15 is 0 Å². The van der Waals surface area contributed by atoms with Crippen molar-refractivity contribution in [2.45, 2.75) is 30.2 Å². The van der Waals surface area contributed by atoms with E-state index in [0.717, 1.165) is 12.3 Å². The van der Waals surface area contributed by atoms with Crippen LogP contribution in [0, 0.1) is 5.82 Å². The van der Waals surface area contributed by atoms with Gasteiger partial charge in [-0.05, 0) is 29.3 Å². The number of carbonyl (C=O) groups is 1. The molecule has 1 aliphatic heterocycles. The smallest absolute Gasteiger partial charge is 0.348 e. The third-order valence-corrected chi connectivity index (χ3v) is 6.38. The van der Waals surface area contributed by atoms with Crippen LogP contribution in [0.25, 0.3) is 0 Å². The number of carbonyl (C=O) groups excluding carboxylic acids is 1. The van der Waals surface area contributed by atoms with E-state index in [4.69, 9.17) is 5.73 Å². The molecule has 11 heteroatoms. The van der Waals surface area contributed by atoms with Gasteiger partial charge in [-0.15, -0.1) is 11.8 Å². The average molecular weight is 478 g/mol. The summed E-state index contributed by atoms with van der Waals surface area (Å²) in [4.78, 5) is 29.8. The Hall–Kier alpha value is -3.18. The molecular formula is C22H18F4N4O2S. The molecule has 1 amide bonds. The number of pyridine rings is 2. The van der Waals surface area contributed by atoms with E-state index in [2.05, 4.69) is 10.3 Å². The summed E-state index contributed by atoms with van der Waals surface area (Å²) in [5, 5.41) is 2.75. The van der Waals surface area contributed by atoms with Crippen molar-refractivity contribution in [1.82, 2.24) is 14.9 Å². The van der Waals surface area contributed by atoms with Gasteiger partial charge in [-0.1, -0.05) is 18.2 Å². The van der Waals surface area contributed by atoms with E-state index in [1.54, 1.807) is 12.1 Å². The van der Waals surface area contributed by atoms with Crippen LogP contribution in [-0.4, -0.2) is 21.2 Å². The van der Waals surface area contributed by atoms with Crippen molar-refractivity contribution in [2.75, 3.05) is 5.75 Å². The molecule has 0 aliphatic carbocycles. The van der Waals surface area contributed by atoms with Crippen molar-refractivity contribution < 1.29 is 22.4 Å². The minimum Gasteiger partial charge on any atom is -0.348 e. The lowest BCUT2D eigenvalue weighted by Gasteiger charge is -2.15. The van der Waals surface area contributed by atoms with Gasteiger partial charge < -0.3 is 15.6 Å². The number of nitrogens with one attached hydrogen (secondary N) is 1. The number of thioether (sulfide) groups is 1. The van der Waals surface area contributed by atoms with Gasteiger partial charge >= 0.3 is 6.18 Å². The third kappa shape index (κ3) is 4.93. The maximum absolute atomic E-state index is 13.1. The number of halogens is 4. The number of hydrogen-bond acceptors (Lipinski definition) is 5. The maximum Gasteiger partial charge on any atom is 0.433 e. The molecule has 3 aromatic rings. The first-order valence-electron chi connectivity index (χ1n) is 9.84. The summed E-state index contributed by atoms with van der Waals surface area (Å²) in [6.45, 7) is 0.0689. The number of aromatic nitrogens is 2. The van der Waals surface area contributed by atoms with Crippen LogP contribution in [0.1, 0.15) is 38.8 Å². The summed E-state index contributed by atoms with van der Waals surface area (Å²) in [7, 11) is 0. The van der Waals surface area contributed by atoms with Crippen molar-refractivity contribution in [3.05, 3.63) is 92.9 Å². The van der Waals surface area contributed by atoms with Crippen molar-refractivity contribution in [1.29, 1.82) is 0 Å². The van der Waals surface area contributed by atoms with Gasteiger partial charge in [-0.25, -0.2) is 4.39 Å². The molecular weight excluding hydrogens is 460 g/mol. The van der Waals surface area contributed by atoms with Crippen LogP contribution in [0.3, 0.4) is 0 Å². The van der Waals surface area contributed by atoms with Gasteiger partial charge in [0.15, 0.2) is 0 Å². The Kier molecular flexibility index (Phi) is 6.26. The van der Waals surface area contributed by atoms with Gasteiger partial charge in [0.25, 0.3) is 11.5 Å². The quantitative estimate of drug-likeness (QED) is 0.548. The molecule has 6 nitrogen and oxygen atoms in total. The van der Waals surface area contributed by atoms with Crippen molar-refractivity contribution in [2.24, 2.45) is 5.73 Å². The number of amides is 1. The van der Waals surface area contributed by atoms with Gasteiger partial charge in [0, 0.05) is 41.2 Å². The molecule has 2 aromatic heterocycles. The minimum absolute atomic E-state index is 0.0765. The zero-order chi connectivity index (χ0) is 23.8. The number of nitrogens with two attached hydrogens (primary N) is 1. The first-order valence-corrected chi connectivity index (χ1v) is 10.8. The number of nitrogens with zero attached hydrogens (tertiary/aromatic N) is 2. The fraction of sp³-hybridized carbons (Fsp3) is 0.227. The van der Waals surface area contributed by atoms with Crippen LogP contribution in [0.4, 0.5) is 17.6 Å². The number of fused-ring (bicyclic) bond motifs is 1. The van der Waals surface area contributed by atoms with Gasteiger partial charge in [0.2, 0.25) is 0 Å². The lowest BCUT2D eigenvalue weighted by atomic mass is 10.1. The largest absolute Gasteiger partial charge is 0.433 e. The van der Waals surface area contributed by atoms with E-state index in [-0.39, 0.29) is 18.7 Å². The Balaban J connectivity index is 1.62. The van der Waals surface area contributed by atoms with E-state index in [9.17, 15) is 27.2 Å². The molecule has 1 atom stereocenters. The molecule has 0 saturated heterocycles. The van der Waals surface area contributed by atoms with Crippen LogP contribution in [0.5, 0.6) is 0 Å². The molecule has 0 fully saturated rings. The highest BCUT2D eigenvalue weighted by Gasteiger charge is 2.32. The first kappa shape index (κ1) is 23.0. The zero-order valence-electron chi connectivity index (χ0n) is 17.0. The van der Waals surface area contributed by atoms with E-state index in [1.807, 2.05) is 0 Å². The Labute approximate surface area is 189 Å². The van der Waals surface area contributed by atoms with Crippen molar-refractivity contribution >= 4 is 17.7 Å². The molecule has 0 radical (unpaired) electrons. The average Bonchev–Trinajstić information content (AvgIpc) is 3.16. The van der Waals surface area contributed by atoms with Crippen molar-refractivity contribution in [3.8, 4) is 0 Å². The summed E-state index contributed by atoms with van der Waals surface area (Å²) >= 11 is 1.30. The lowest BCUT2D eigenvalue weighted by molar-refractivity contribution is -0.141. The molecule has 0 bridgehead atoms. The Morgan fingerprint density at radius 1 is 1.18 bits per heavy atom. The highest BCUT2D eigenvalue weighted by atomic mass is 32.2. The summed E-state index contributed by atoms with van der Waals surface area (Å²) in [6, 6.07) is 7.16. The fourth-order valence-corrected chi connectivity index (χ4v) is 4.66. The Bertz CT molecular complexity index is 1240. The second kappa shape index (κ2) is 8.99. The number of hydrogen-bond donors (Lipinski definition) is 2. The molecule has 0 unspecified atom stereocenters. The number of alkyl halides is 3. The second-order valence-electron chi connectivity index (χ2n) is 7.49.